The molecule has 0 saturated heterocycles. The molecular formula is C13H21N7. The van der Waals surface area contributed by atoms with Gasteiger partial charge in [-0.05, 0) is 25.5 Å². The van der Waals surface area contributed by atoms with Gasteiger partial charge in [-0.2, -0.15) is 5.10 Å². The summed E-state index contributed by atoms with van der Waals surface area (Å²) in [5.74, 6) is 1.18. The Balaban J connectivity index is 2.22. The maximum absolute atomic E-state index is 5.96. The lowest BCUT2D eigenvalue weighted by Crippen LogP contribution is -2.23. The van der Waals surface area contributed by atoms with Crippen molar-refractivity contribution in [1.82, 2.24) is 19.7 Å². The minimum atomic E-state index is 0.279. The lowest BCUT2D eigenvalue weighted by molar-refractivity contribution is 0.636. The topological polar surface area (TPSA) is 108 Å². The number of hydrogen-bond donors (Lipinski definition) is 3. The number of nitrogens with zero attached hydrogens (tertiary/aromatic N) is 4. The van der Waals surface area contributed by atoms with Gasteiger partial charge in [-0.25, -0.2) is 9.97 Å². The Kier molecular flexibility index (Phi) is 4.52. The zero-order valence-electron chi connectivity index (χ0n) is 11.9. The van der Waals surface area contributed by atoms with Crippen LogP contribution < -0.4 is 16.8 Å². The van der Waals surface area contributed by atoms with Crippen molar-refractivity contribution in [3.05, 3.63) is 18.5 Å². The highest BCUT2D eigenvalue weighted by Gasteiger charge is 2.11. The molecule has 20 heavy (non-hydrogen) atoms. The third-order valence-corrected chi connectivity index (χ3v) is 3.26. The lowest BCUT2D eigenvalue weighted by Gasteiger charge is -2.16. The van der Waals surface area contributed by atoms with E-state index in [1.807, 2.05) is 6.07 Å². The van der Waals surface area contributed by atoms with Gasteiger partial charge in [-0.3, -0.25) is 4.68 Å². The second kappa shape index (κ2) is 6.33. The van der Waals surface area contributed by atoms with Crippen molar-refractivity contribution in [3.8, 4) is 11.3 Å². The highest BCUT2D eigenvalue weighted by atomic mass is 15.3. The molecule has 2 rings (SSSR count). The van der Waals surface area contributed by atoms with Crippen molar-refractivity contribution < 1.29 is 0 Å². The Labute approximate surface area is 118 Å². The predicted molar refractivity (Wildman–Crippen MR) is 80.0 cm³/mol. The Hall–Kier alpha value is -2.15. The van der Waals surface area contributed by atoms with E-state index in [1.54, 1.807) is 24.1 Å². The standard InChI is InChI=1S/C13H21N7/c1-3-9(4-6-14)18-13-16-7-5-11(19-13)10-8-17-20(2)12(10)15/h5,7-9H,3-4,6,14-15H2,1-2H3,(H,16,18,19). The van der Waals surface area contributed by atoms with Gasteiger partial charge in [0.15, 0.2) is 0 Å². The molecule has 0 saturated carbocycles. The molecule has 2 aromatic rings. The maximum atomic E-state index is 5.96. The molecule has 2 heterocycles. The molecule has 1 unspecified atom stereocenters. The highest BCUT2D eigenvalue weighted by molar-refractivity contribution is 5.70. The van der Waals surface area contributed by atoms with E-state index in [9.17, 15) is 0 Å². The fourth-order valence-corrected chi connectivity index (χ4v) is 1.98. The van der Waals surface area contributed by atoms with E-state index >= 15 is 0 Å². The van der Waals surface area contributed by atoms with E-state index in [-0.39, 0.29) is 6.04 Å². The fourth-order valence-electron chi connectivity index (χ4n) is 1.98. The van der Waals surface area contributed by atoms with Crippen molar-refractivity contribution in [3.63, 3.8) is 0 Å². The van der Waals surface area contributed by atoms with Crippen molar-refractivity contribution >= 4 is 11.8 Å². The summed E-state index contributed by atoms with van der Waals surface area (Å²) in [4.78, 5) is 8.73. The molecule has 0 bridgehead atoms. The maximum Gasteiger partial charge on any atom is 0.223 e. The quantitative estimate of drug-likeness (QED) is 0.726. The van der Waals surface area contributed by atoms with Gasteiger partial charge in [0.05, 0.1) is 17.5 Å². The largest absolute Gasteiger partial charge is 0.383 e. The van der Waals surface area contributed by atoms with Crippen molar-refractivity contribution in [2.24, 2.45) is 12.8 Å². The molecule has 0 aliphatic heterocycles. The number of aromatic nitrogens is 4. The first-order valence-electron chi connectivity index (χ1n) is 6.73. The Morgan fingerprint density at radius 1 is 1.45 bits per heavy atom. The number of anilines is 2. The Morgan fingerprint density at radius 2 is 2.25 bits per heavy atom. The van der Waals surface area contributed by atoms with Crippen LogP contribution in [0.3, 0.4) is 0 Å². The van der Waals surface area contributed by atoms with Gasteiger partial charge < -0.3 is 16.8 Å². The lowest BCUT2D eigenvalue weighted by atomic mass is 10.1. The second-order valence-electron chi connectivity index (χ2n) is 4.66. The third-order valence-electron chi connectivity index (χ3n) is 3.26. The van der Waals surface area contributed by atoms with E-state index in [0.717, 1.165) is 24.1 Å². The number of rotatable bonds is 6. The number of hydrogen-bond acceptors (Lipinski definition) is 6. The summed E-state index contributed by atoms with van der Waals surface area (Å²) in [6.07, 6.45) is 5.28. The van der Waals surface area contributed by atoms with Crippen LogP contribution in [0.2, 0.25) is 0 Å². The Bertz CT molecular complexity index is 564. The summed E-state index contributed by atoms with van der Waals surface area (Å²) in [6, 6.07) is 2.10. The van der Waals surface area contributed by atoms with Crippen molar-refractivity contribution in [2.75, 3.05) is 17.6 Å². The summed E-state index contributed by atoms with van der Waals surface area (Å²) in [5, 5.41) is 7.42. The molecule has 108 valence electrons. The van der Waals surface area contributed by atoms with Crippen molar-refractivity contribution in [1.29, 1.82) is 0 Å². The van der Waals surface area contributed by atoms with Crippen LogP contribution in [-0.2, 0) is 7.05 Å². The molecule has 2 aromatic heterocycles. The van der Waals surface area contributed by atoms with Crippen LogP contribution >= 0.6 is 0 Å². The molecule has 5 N–H and O–H groups in total. The monoisotopic (exact) mass is 275 g/mol. The first-order valence-corrected chi connectivity index (χ1v) is 6.73. The molecule has 1 atom stereocenters. The number of nitrogens with one attached hydrogen (secondary N) is 1. The van der Waals surface area contributed by atoms with E-state index < -0.39 is 0 Å². The molecule has 7 nitrogen and oxygen atoms in total. The molecular weight excluding hydrogens is 254 g/mol. The van der Waals surface area contributed by atoms with E-state index in [1.165, 1.54) is 0 Å². The minimum absolute atomic E-state index is 0.279. The first kappa shape index (κ1) is 14.3. The van der Waals surface area contributed by atoms with E-state index in [2.05, 4.69) is 27.3 Å². The van der Waals surface area contributed by atoms with Crippen LogP contribution in [0.25, 0.3) is 11.3 Å². The summed E-state index contributed by atoms with van der Waals surface area (Å²) >= 11 is 0. The van der Waals surface area contributed by atoms with Crippen LogP contribution in [-0.4, -0.2) is 32.3 Å². The van der Waals surface area contributed by atoms with Crippen molar-refractivity contribution in [2.45, 2.75) is 25.8 Å². The molecule has 0 fully saturated rings. The van der Waals surface area contributed by atoms with Gasteiger partial charge in [-0.15, -0.1) is 0 Å². The number of nitrogens with two attached hydrogens (primary N) is 2. The van der Waals surface area contributed by atoms with Crippen LogP contribution in [0, 0.1) is 0 Å². The zero-order valence-corrected chi connectivity index (χ0v) is 11.9. The minimum Gasteiger partial charge on any atom is -0.383 e. The SMILES string of the molecule is CCC(CCN)Nc1nccc(-c2cnn(C)c2N)n1. The number of nitrogen functional groups attached to an aromatic ring is 1. The molecule has 0 amide bonds. The van der Waals surface area contributed by atoms with Gasteiger partial charge in [0.1, 0.15) is 5.82 Å². The third kappa shape index (κ3) is 3.05. The van der Waals surface area contributed by atoms with Gasteiger partial charge in [0, 0.05) is 19.3 Å². The molecule has 7 heteroatoms. The first-order chi connectivity index (χ1) is 9.65. The smallest absolute Gasteiger partial charge is 0.223 e. The summed E-state index contributed by atoms with van der Waals surface area (Å²) in [5.41, 5.74) is 13.1. The second-order valence-corrected chi connectivity index (χ2v) is 4.66. The van der Waals surface area contributed by atoms with E-state index in [0.29, 0.717) is 18.3 Å². The van der Waals surface area contributed by atoms with Crippen LogP contribution in [0.1, 0.15) is 19.8 Å². The predicted octanol–water partition coefficient (Wildman–Crippen LogP) is 0.999. The van der Waals surface area contributed by atoms with Gasteiger partial charge in [0.2, 0.25) is 5.95 Å². The summed E-state index contributed by atoms with van der Waals surface area (Å²) < 4.78 is 1.62. The average Bonchev–Trinajstić information content (AvgIpc) is 2.79. The van der Waals surface area contributed by atoms with Crippen LogP contribution in [0.15, 0.2) is 18.5 Å². The van der Waals surface area contributed by atoms with Gasteiger partial charge >= 0.3 is 0 Å². The van der Waals surface area contributed by atoms with E-state index in [4.69, 9.17) is 11.5 Å². The molecule has 0 aromatic carbocycles. The normalized spacial score (nSPS) is 12.3. The molecule has 0 spiro atoms. The van der Waals surface area contributed by atoms with Gasteiger partial charge in [-0.1, -0.05) is 6.92 Å². The summed E-state index contributed by atoms with van der Waals surface area (Å²) in [6.45, 7) is 2.75. The number of aryl methyl sites for hydroxylation is 1. The highest BCUT2D eigenvalue weighted by Crippen LogP contribution is 2.23. The molecule has 0 radical (unpaired) electrons. The molecule has 0 aliphatic rings. The average molecular weight is 275 g/mol. The van der Waals surface area contributed by atoms with Crippen LogP contribution in [0.5, 0.6) is 0 Å². The van der Waals surface area contributed by atoms with Gasteiger partial charge in [0.25, 0.3) is 0 Å². The molecule has 0 aliphatic carbocycles. The zero-order chi connectivity index (χ0) is 14.5. The fraction of sp³-hybridized carbons (Fsp3) is 0.462. The Morgan fingerprint density at radius 3 is 2.85 bits per heavy atom. The summed E-state index contributed by atoms with van der Waals surface area (Å²) in [7, 11) is 1.80. The van der Waals surface area contributed by atoms with Crippen LogP contribution in [0.4, 0.5) is 11.8 Å².